The van der Waals surface area contributed by atoms with Gasteiger partial charge in [0.05, 0.1) is 11.0 Å². The minimum absolute atomic E-state index is 0.100. The van der Waals surface area contributed by atoms with E-state index in [1.807, 2.05) is 41.1 Å². The van der Waals surface area contributed by atoms with Crippen LogP contribution in [-0.4, -0.2) is 9.97 Å². The summed E-state index contributed by atoms with van der Waals surface area (Å²) in [5.41, 5.74) is 4.86. The minimum atomic E-state index is -0.100. The molecule has 2 aromatic carbocycles. The molecule has 0 amide bonds. The van der Waals surface area contributed by atoms with Crippen LogP contribution in [0.5, 0.6) is 0 Å². The van der Waals surface area contributed by atoms with Gasteiger partial charge in [0.25, 0.3) is 0 Å². The second kappa shape index (κ2) is 3.79. The van der Waals surface area contributed by atoms with Gasteiger partial charge in [0, 0.05) is 10.8 Å². The first-order valence-corrected chi connectivity index (χ1v) is 5.64. The molecule has 0 aliphatic rings. The van der Waals surface area contributed by atoms with Gasteiger partial charge in [0.15, 0.2) is 0 Å². The third-order valence-electron chi connectivity index (χ3n) is 2.79. The van der Waals surface area contributed by atoms with E-state index >= 15 is 0 Å². The summed E-state index contributed by atoms with van der Waals surface area (Å²) in [4.78, 5) is 0. The lowest BCUT2D eigenvalue weighted by Crippen LogP contribution is -2.16. The van der Waals surface area contributed by atoms with Gasteiger partial charge in [-0.1, -0.05) is 36.4 Å². The smallest absolute Gasteiger partial charge is 0.207 e. The van der Waals surface area contributed by atoms with Crippen molar-refractivity contribution in [2.45, 2.75) is 0 Å². The molecule has 17 heavy (non-hydrogen) atoms. The maximum Gasteiger partial charge on any atom is 0.207 e. The maximum atomic E-state index is 7.35. The SMILES string of the molecule is N=C(Cl)Nn1c2ccccc2c2ccccc21. The number of aromatic nitrogens is 1. The maximum absolute atomic E-state index is 7.35. The summed E-state index contributed by atoms with van der Waals surface area (Å²) in [6, 6.07) is 16.1. The third kappa shape index (κ3) is 1.56. The Morgan fingerprint density at radius 2 is 1.41 bits per heavy atom. The fraction of sp³-hybridized carbons (Fsp3) is 0. The van der Waals surface area contributed by atoms with E-state index in [4.69, 9.17) is 17.0 Å². The fourth-order valence-corrected chi connectivity index (χ4v) is 2.23. The number of hydrogen-bond acceptors (Lipinski definition) is 1. The quantitative estimate of drug-likeness (QED) is 0.383. The van der Waals surface area contributed by atoms with Crippen molar-refractivity contribution in [3.63, 3.8) is 0 Å². The molecule has 0 bridgehead atoms. The summed E-state index contributed by atoms with van der Waals surface area (Å²) in [5, 5.41) is 9.55. The molecule has 0 saturated heterocycles. The largest absolute Gasteiger partial charge is 0.273 e. The zero-order chi connectivity index (χ0) is 11.8. The monoisotopic (exact) mass is 243 g/mol. The standard InChI is InChI=1S/C13H10ClN3/c14-13(15)16-17-11-7-3-1-5-9(11)10-6-2-4-8-12(10)17/h1-8H,(H2,15,16). The molecule has 84 valence electrons. The van der Waals surface area contributed by atoms with Gasteiger partial charge in [-0.15, -0.1) is 0 Å². The molecule has 3 nitrogen and oxygen atoms in total. The summed E-state index contributed by atoms with van der Waals surface area (Å²) >= 11 is 5.62. The minimum Gasteiger partial charge on any atom is -0.273 e. The normalized spacial score (nSPS) is 10.9. The summed E-state index contributed by atoms with van der Waals surface area (Å²) in [6.07, 6.45) is 0. The Labute approximate surface area is 103 Å². The Bertz CT molecular complexity index is 662. The first-order valence-electron chi connectivity index (χ1n) is 5.26. The van der Waals surface area contributed by atoms with Crippen molar-refractivity contribution in [1.29, 1.82) is 5.41 Å². The molecule has 0 fully saturated rings. The molecule has 0 aliphatic carbocycles. The van der Waals surface area contributed by atoms with E-state index in [1.165, 1.54) is 0 Å². The lowest BCUT2D eigenvalue weighted by Gasteiger charge is -2.07. The molecular formula is C13H10ClN3. The van der Waals surface area contributed by atoms with E-state index in [9.17, 15) is 0 Å². The van der Waals surface area contributed by atoms with Crippen molar-refractivity contribution in [2.75, 3.05) is 5.43 Å². The average molecular weight is 244 g/mol. The molecule has 0 atom stereocenters. The zero-order valence-electron chi connectivity index (χ0n) is 8.94. The lowest BCUT2D eigenvalue weighted by atomic mass is 10.2. The van der Waals surface area contributed by atoms with E-state index in [1.54, 1.807) is 0 Å². The molecule has 2 N–H and O–H groups in total. The van der Waals surface area contributed by atoms with Crippen LogP contribution in [0, 0.1) is 5.41 Å². The van der Waals surface area contributed by atoms with Gasteiger partial charge in [-0.2, -0.15) is 0 Å². The number of benzene rings is 2. The van der Waals surface area contributed by atoms with Gasteiger partial charge in [-0.3, -0.25) is 15.5 Å². The predicted molar refractivity (Wildman–Crippen MR) is 72.4 cm³/mol. The van der Waals surface area contributed by atoms with Crippen LogP contribution >= 0.6 is 11.6 Å². The highest BCUT2D eigenvalue weighted by Crippen LogP contribution is 2.27. The van der Waals surface area contributed by atoms with E-state index in [0.717, 1.165) is 21.8 Å². The van der Waals surface area contributed by atoms with E-state index in [0.29, 0.717) is 0 Å². The molecule has 4 heteroatoms. The molecule has 0 radical (unpaired) electrons. The molecule has 0 aliphatic heterocycles. The summed E-state index contributed by atoms with van der Waals surface area (Å²) < 4.78 is 1.83. The topological polar surface area (TPSA) is 40.8 Å². The van der Waals surface area contributed by atoms with E-state index in [2.05, 4.69) is 17.6 Å². The van der Waals surface area contributed by atoms with Crippen LogP contribution in [0.2, 0.25) is 0 Å². The zero-order valence-corrected chi connectivity index (χ0v) is 9.70. The number of hydrogen-bond donors (Lipinski definition) is 2. The van der Waals surface area contributed by atoms with E-state index in [-0.39, 0.29) is 5.29 Å². The average Bonchev–Trinajstić information content (AvgIpc) is 2.65. The second-order valence-electron chi connectivity index (χ2n) is 3.80. The van der Waals surface area contributed by atoms with Crippen LogP contribution in [-0.2, 0) is 0 Å². The first kappa shape index (κ1) is 10.2. The van der Waals surface area contributed by atoms with Crippen molar-refractivity contribution >= 4 is 38.7 Å². The molecule has 0 saturated carbocycles. The van der Waals surface area contributed by atoms with Crippen LogP contribution in [0.25, 0.3) is 21.8 Å². The number of para-hydroxylation sites is 2. The molecule has 3 aromatic rings. The van der Waals surface area contributed by atoms with Crippen LogP contribution in [0.4, 0.5) is 0 Å². The van der Waals surface area contributed by atoms with E-state index < -0.39 is 0 Å². The van der Waals surface area contributed by atoms with Crippen molar-refractivity contribution in [1.82, 2.24) is 4.68 Å². The molecule has 3 rings (SSSR count). The van der Waals surface area contributed by atoms with Crippen molar-refractivity contribution in [2.24, 2.45) is 0 Å². The highest BCUT2D eigenvalue weighted by molar-refractivity contribution is 6.65. The molecule has 0 spiro atoms. The molecule has 1 heterocycles. The number of nitrogens with zero attached hydrogens (tertiary/aromatic N) is 1. The van der Waals surface area contributed by atoms with Crippen LogP contribution in [0.3, 0.4) is 0 Å². The summed E-state index contributed by atoms with van der Waals surface area (Å²) in [6.45, 7) is 0. The highest BCUT2D eigenvalue weighted by atomic mass is 35.5. The first-order chi connectivity index (χ1) is 8.27. The van der Waals surface area contributed by atoms with Gasteiger partial charge in [0.1, 0.15) is 0 Å². The molecule has 0 unspecified atom stereocenters. The third-order valence-corrected chi connectivity index (χ3v) is 2.87. The van der Waals surface area contributed by atoms with Gasteiger partial charge in [-0.05, 0) is 23.7 Å². The van der Waals surface area contributed by atoms with Crippen molar-refractivity contribution in [3.05, 3.63) is 48.5 Å². The van der Waals surface area contributed by atoms with Crippen LogP contribution in [0.15, 0.2) is 48.5 Å². The lowest BCUT2D eigenvalue weighted by molar-refractivity contribution is 1.08. The second-order valence-corrected chi connectivity index (χ2v) is 4.17. The Kier molecular flexibility index (Phi) is 2.27. The Balaban J connectivity index is 2.45. The number of fused-ring (bicyclic) bond motifs is 3. The Morgan fingerprint density at radius 1 is 0.941 bits per heavy atom. The predicted octanol–water partition coefficient (Wildman–Crippen LogP) is 3.51. The number of halogens is 1. The summed E-state index contributed by atoms with van der Waals surface area (Å²) in [7, 11) is 0. The van der Waals surface area contributed by atoms with Gasteiger partial charge in [-0.25, -0.2) is 0 Å². The van der Waals surface area contributed by atoms with Gasteiger partial charge in [0.2, 0.25) is 5.29 Å². The van der Waals surface area contributed by atoms with Crippen molar-refractivity contribution < 1.29 is 0 Å². The highest BCUT2D eigenvalue weighted by Gasteiger charge is 2.09. The van der Waals surface area contributed by atoms with Crippen molar-refractivity contribution in [3.8, 4) is 0 Å². The van der Waals surface area contributed by atoms with Crippen LogP contribution in [0.1, 0.15) is 0 Å². The molecule has 1 aromatic heterocycles. The fourth-order valence-electron chi connectivity index (χ4n) is 2.14. The Morgan fingerprint density at radius 3 is 1.88 bits per heavy atom. The Hall–Kier alpha value is -2.00. The number of amidine groups is 1. The number of nitrogens with one attached hydrogen (secondary N) is 2. The van der Waals surface area contributed by atoms with Gasteiger partial charge < -0.3 is 0 Å². The molecular weight excluding hydrogens is 234 g/mol. The number of rotatable bonds is 1. The van der Waals surface area contributed by atoms with Crippen LogP contribution < -0.4 is 5.43 Å². The van der Waals surface area contributed by atoms with Gasteiger partial charge >= 0.3 is 0 Å². The summed E-state index contributed by atoms with van der Waals surface area (Å²) in [5.74, 6) is 0.